The molecule has 4 nitrogen and oxygen atoms in total. The van der Waals surface area contributed by atoms with E-state index in [0.29, 0.717) is 0 Å². The molecule has 0 spiro atoms. The Balaban J connectivity index is 2.45. The van der Waals surface area contributed by atoms with Crippen LogP contribution >= 0.6 is 0 Å². The maximum atomic E-state index is 5.66. The Bertz CT molecular complexity index is 257. The summed E-state index contributed by atoms with van der Waals surface area (Å²) in [5, 5.41) is 6.60. The van der Waals surface area contributed by atoms with Gasteiger partial charge in [0.2, 0.25) is 0 Å². The molecule has 0 aromatic heterocycles. The van der Waals surface area contributed by atoms with Crippen molar-refractivity contribution in [1.29, 1.82) is 0 Å². The first-order valence-electron chi connectivity index (χ1n) is 5.34. The van der Waals surface area contributed by atoms with Gasteiger partial charge < -0.3 is 16.0 Å². The smallest absolute Gasteiger partial charge is 0.107 e. The van der Waals surface area contributed by atoms with Gasteiger partial charge in [-0.25, -0.2) is 0 Å². The largest absolute Gasteiger partial charge is 0.398 e. The summed E-state index contributed by atoms with van der Waals surface area (Å²) in [6, 6.07) is 0. The molecule has 1 aliphatic heterocycles. The number of allylic oxidation sites excluding steroid dienone is 1. The highest BCUT2D eigenvalue weighted by Gasteiger charge is 2.24. The summed E-state index contributed by atoms with van der Waals surface area (Å²) in [6.07, 6.45) is 8.08. The highest BCUT2D eigenvalue weighted by Crippen LogP contribution is 2.15. The van der Waals surface area contributed by atoms with E-state index >= 15 is 0 Å². The third kappa shape index (κ3) is 3.57. The molecule has 0 saturated heterocycles. The summed E-state index contributed by atoms with van der Waals surface area (Å²) < 4.78 is 0. The molecule has 0 bridgehead atoms. The number of dihydropyridines is 1. The molecule has 0 radical (unpaired) electrons. The second kappa shape index (κ2) is 5.19. The minimum absolute atomic E-state index is 0.126. The van der Waals surface area contributed by atoms with Gasteiger partial charge >= 0.3 is 0 Å². The highest BCUT2D eigenvalue weighted by atomic mass is 15.2. The quantitative estimate of drug-likeness (QED) is 0.607. The molecule has 0 aliphatic carbocycles. The van der Waals surface area contributed by atoms with Crippen molar-refractivity contribution in [2.75, 3.05) is 27.7 Å². The van der Waals surface area contributed by atoms with Gasteiger partial charge in [-0.05, 0) is 52.7 Å². The number of nitrogens with zero attached hydrogens (tertiary/aromatic N) is 1. The van der Waals surface area contributed by atoms with E-state index in [1.54, 1.807) is 0 Å². The van der Waals surface area contributed by atoms with Crippen LogP contribution in [0.3, 0.4) is 0 Å². The van der Waals surface area contributed by atoms with E-state index in [4.69, 9.17) is 5.73 Å². The van der Waals surface area contributed by atoms with Crippen molar-refractivity contribution in [1.82, 2.24) is 15.5 Å². The summed E-state index contributed by atoms with van der Waals surface area (Å²) in [7, 11) is 6.14. The summed E-state index contributed by atoms with van der Waals surface area (Å²) in [4.78, 5) is 2.19. The van der Waals surface area contributed by atoms with Crippen LogP contribution in [-0.2, 0) is 0 Å². The number of nitrogens with one attached hydrogen (secondary N) is 2. The lowest BCUT2D eigenvalue weighted by atomic mass is 10.0. The normalized spacial score (nSPS) is 25.2. The average Bonchev–Trinajstić information content (AvgIpc) is 2.21. The lowest BCUT2D eigenvalue weighted by Gasteiger charge is -2.33. The zero-order chi connectivity index (χ0) is 11.3. The van der Waals surface area contributed by atoms with Crippen molar-refractivity contribution in [3.63, 3.8) is 0 Å². The van der Waals surface area contributed by atoms with Crippen LogP contribution < -0.4 is 16.4 Å². The Morgan fingerprint density at radius 3 is 2.73 bits per heavy atom. The van der Waals surface area contributed by atoms with Crippen molar-refractivity contribution in [2.24, 2.45) is 5.73 Å². The van der Waals surface area contributed by atoms with E-state index in [9.17, 15) is 0 Å². The zero-order valence-corrected chi connectivity index (χ0v) is 9.88. The zero-order valence-electron chi connectivity index (χ0n) is 9.88. The Morgan fingerprint density at radius 2 is 2.27 bits per heavy atom. The van der Waals surface area contributed by atoms with E-state index in [2.05, 4.69) is 35.7 Å². The van der Waals surface area contributed by atoms with Crippen LogP contribution in [0.5, 0.6) is 0 Å². The van der Waals surface area contributed by atoms with E-state index in [1.165, 1.54) is 0 Å². The summed E-state index contributed by atoms with van der Waals surface area (Å²) in [5.41, 5.74) is 6.31. The molecule has 4 heteroatoms. The van der Waals surface area contributed by atoms with E-state index in [-0.39, 0.29) is 5.66 Å². The van der Waals surface area contributed by atoms with Gasteiger partial charge in [0.1, 0.15) is 5.66 Å². The maximum absolute atomic E-state index is 5.66. The minimum atomic E-state index is -0.126. The van der Waals surface area contributed by atoms with Crippen molar-refractivity contribution < 1.29 is 0 Å². The molecule has 1 aliphatic rings. The molecule has 1 unspecified atom stereocenters. The van der Waals surface area contributed by atoms with Crippen LogP contribution in [0.25, 0.3) is 0 Å². The third-order valence-corrected chi connectivity index (χ3v) is 2.68. The molecule has 0 aromatic rings. The summed E-state index contributed by atoms with van der Waals surface area (Å²) >= 11 is 0. The lowest BCUT2D eigenvalue weighted by molar-refractivity contribution is 0.314. The lowest BCUT2D eigenvalue weighted by Crippen LogP contribution is -2.53. The minimum Gasteiger partial charge on any atom is -0.398 e. The van der Waals surface area contributed by atoms with Crippen molar-refractivity contribution >= 4 is 0 Å². The third-order valence-electron chi connectivity index (χ3n) is 2.68. The first-order chi connectivity index (χ1) is 7.08. The summed E-state index contributed by atoms with van der Waals surface area (Å²) in [5.74, 6) is 0. The van der Waals surface area contributed by atoms with Gasteiger partial charge in [-0.3, -0.25) is 5.32 Å². The molecule has 1 atom stereocenters. The van der Waals surface area contributed by atoms with Crippen LogP contribution in [0.2, 0.25) is 0 Å². The van der Waals surface area contributed by atoms with Gasteiger partial charge in [-0.15, -0.1) is 0 Å². The first kappa shape index (κ1) is 12.1. The van der Waals surface area contributed by atoms with Crippen LogP contribution in [0.1, 0.15) is 12.8 Å². The molecule has 86 valence electrons. The number of hydrogen-bond acceptors (Lipinski definition) is 4. The Morgan fingerprint density at radius 1 is 1.53 bits per heavy atom. The molecular weight excluding hydrogens is 188 g/mol. The molecule has 0 saturated carbocycles. The topological polar surface area (TPSA) is 53.3 Å². The monoisotopic (exact) mass is 210 g/mol. The van der Waals surface area contributed by atoms with E-state index < -0.39 is 0 Å². The van der Waals surface area contributed by atoms with Gasteiger partial charge in [0, 0.05) is 11.9 Å². The van der Waals surface area contributed by atoms with Gasteiger partial charge in [0.15, 0.2) is 0 Å². The van der Waals surface area contributed by atoms with Gasteiger partial charge in [-0.2, -0.15) is 0 Å². The number of nitrogens with two attached hydrogens (primary N) is 1. The molecular formula is C11H22N4. The number of likely N-dealkylation sites (N-methyl/N-ethyl adjacent to an activating group) is 1. The van der Waals surface area contributed by atoms with Crippen LogP contribution in [0.4, 0.5) is 0 Å². The average molecular weight is 210 g/mol. The van der Waals surface area contributed by atoms with Crippen molar-refractivity contribution in [2.45, 2.75) is 18.5 Å². The molecule has 1 heterocycles. The second-order valence-corrected chi connectivity index (χ2v) is 4.25. The molecule has 1 rings (SSSR count). The van der Waals surface area contributed by atoms with E-state index in [1.807, 2.05) is 19.3 Å². The van der Waals surface area contributed by atoms with Gasteiger partial charge in [0.25, 0.3) is 0 Å². The van der Waals surface area contributed by atoms with Crippen molar-refractivity contribution in [3.05, 3.63) is 24.0 Å². The van der Waals surface area contributed by atoms with Crippen LogP contribution in [0.15, 0.2) is 24.0 Å². The number of rotatable bonds is 5. The Hall–Kier alpha value is -1.00. The Labute approximate surface area is 92.2 Å². The van der Waals surface area contributed by atoms with Gasteiger partial charge in [0.05, 0.1) is 0 Å². The van der Waals surface area contributed by atoms with Crippen LogP contribution in [0, 0.1) is 0 Å². The molecule has 4 N–H and O–H groups in total. The molecule has 0 fully saturated rings. The predicted molar refractivity (Wildman–Crippen MR) is 64.1 cm³/mol. The summed E-state index contributed by atoms with van der Waals surface area (Å²) in [6.45, 7) is 1.10. The second-order valence-electron chi connectivity index (χ2n) is 4.25. The highest BCUT2D eigenvalue weighted by molar-refractivity contribution is 5.24. The van der Waals surface area contributed by atoms with E-state index in [0.717, 1.165) is 25.1 Å². The Kier molecular flexibility index (Phi) is 4.17. The SMILES string of the molecule is CNC1(CCCN(C)C)C=CC(N)=CN1. The fourth-order valence-corrected chi connectivity index (χ4v) is 1.66. The number of hydrogen-bond donors (Lipinski definition) is 3. The first-order valence-corrected chi connectivity index (χ1v) is 5.34. The molecule has 15 heavy (non-hydrogen) atoms. The van der Waals surface area contributed by atoms with Crippen molar-refractivity contribution in [3.8, 4) is 0 Å². The van der Waals surface area contributed by atoms with Crippen LogP contribution in [-0.4, -0.2) is 38.3 Å². The molecule has 0 aromatic carbocycles. The molecule has 0 amide bonds. The predicted octanol–water partition coefficient (Wildman–Crippen LogP) is 0.203. The van der Waals surface area contributed by atoms with Gasteiger partial charge in [-0.1, -0.05) is 0 Å². The fraction of sp³-hybridized carbons (Fsp3) is 0.636. The fourth-order valence-electron chi connectivity index (χ4n) is 1.66. The maximum Gasteiger partial charge on any atom is 0.107 e. The standard InChI is InChI=1S/C11H22N4/c1-13-11(6-4-8-15(2)3)7-5-10(12)9-14-11/h5,7,9,13-14H,4,6,8,12H2,1-3H3.